The second kappa shape index (κ2) is 7.55. The Balaban J connectivity index is 1.18. The van der Waals surface area contributed by atoms with E-state index in [2.05, 4.69) is 55.7 Å². The van der Waals surface area contributed by atoms with Gasteiger partial charge in [-0.15, -0.1) is 0 Å². The fraction of sp³-hybridized carbons (Fsp3) is 0.296. The molecule has 7 rings (SSSR count). The summed E-state index contributed by atoms with van der Waals surface area (Å²) in [5.41, 5.74) is 13.5. The van der Waals surface area contributed by atoms with E-state index in [1.54, 1.807) is 0 Å². The number of anilines is 2. The standard InChI is InChI=1S/C27H27N7O/c28-23-17-6-2-1-5-16(17)15-27(23)10-13-34(14-11-27)26-30-24-21(25(35)31-26)22(32-33-24)19-9-12-29-20-8-4-3-7-18(19)20/h1-9,23,29H,10-15,28H2,(H2,30,31,32,33,35)/t23-/m1/s1. The average molecular weight is 466 g/mol. The Morgan fingerprint density at radius 3 is 2.71 bits per heavy atom. The van der Waals surface area contributed by atoms with Gasteiger partial charge in [-0.3, -0.25) is 14.9 Å². The van der Waals surface area contributed by atoms with Gasteiger partial charge in [-0.25, -0.2) is 0 Å². The van der Waals surface area contributed by atoms with Crippen LogP contribution in [-0.2, 0) is 6.42 Å². The number of H-pyrrole nitrogens is 2. The molecule has 176 valence electrons. The van der Waals surface area contributed by atoms with E-state index in [0.717, 1.165) is 49.2 Å². The molecule has 8 heteroatoms. The molecule has 1 atom stereocenters. The molecular formula is C27H27N7O. The van der Waals surface area contributed by atoms with Crippen LogP contribution in [0.5, 0.6) is 0 Å². The Kier molecular flexibility index (Phi) is 4.41. The number of rotatable bonds is 2. The van der Waals surface area contributed by atoms with Crippen LogP contribution in [-0.4, -0.2) is 39.8 Å². The second-order valence-electron chi connectivity index (χ2n) is 9.93. The molecule has 1 fully saturated rings. The maximum absolute atomic E-state index is 13.3. The van der Waals surface area contributed by atoms with Crippen LogP contribution >= 0.6 is 0 Å². The Morgan fingerprint density at radius 2 is 1.86 bits per heavy atom. The zero-order valence-electron chi connectivity index (χ0n) is 19.3. The first-order valence-electron chi connectivity index (χ1n) is 12.2. The summed E-state index contributed by atoms with van der Waals surface area (Å²) in [5.74, 6) is 0.594. The van der Waals surface area contributed by atoms with Crippen molar-refractivity contribution in [3.05, 3.63) is 87.3 Å². The third-order valence-electron chi connectivity index (χ3n) is 8.14. The minimum Gasteiger partial charge on any atom is -0.381 e. The molecule has 35 heavy (non-hydrogen) atoms. The summed E-state index contributed by atoms with van der Waals surface area (Å²) >= 11 is 0. The van der Waals surface area contributed by atoms with Gasteiger partial charge in [-0.1, -0.05) is 48.5 Å². The lowest BCUT2D eigenvalue weighted by molar-refractivity contribution is 0.187. The summed E-state index contributed by atoms with van der Waals surface area (Å²) in [6, 6.07) is 16.7. The second-order valence-corrected chi connectivity index (χ2v) is 9.93. The molecule has 5 N–H and O–H groups in total. The van der Waals surface area contributed by atoms with Crippen LogP contribution in [0.4, 0.5) is 11.6 Å². The number of nitrogens with two attached hydrogens (primary N) is 1. The first-order valence-corrected chi connectivity index (χ1v) is 12.2. The molecule has 2 aliphatic heterocycles. The number of aromatic amines is 2. The zero-order chi connectivity index (χ0) is 23.6. The minimum atomic E-state index is -0.170. The van der Waals surface area contributed by atoms with Crippen LogP contribution < -0.4 is 21.5 Å². The fourth-order valence-electron chi connectivity index (χ4n) is 6.21. The van der Waals surface area contributed by atoms with Crippen molar-refractivity contribution in [3.8, 4) is 0 Å². The summed E-state index contributed by atoms with van der Waals surface area (Å²) in [4.78, 5) is 23.3. The minimum absolute atomic E-state index is 0.0617. The fourth-order valence-corrected chi connectivity index (χ4v) is 6.21. The Labute approximate surface area is 202 Å². The van der Waals surface area contributed by atoms with Crippen LogP contribution in [0.1, 0.15) is 41.3 Å². The third kappa shape index (κ3) is 3.06. The van der Waals surface area contributed by atoms with E-state index in [-0.39, 0.29) is 17.0 Å². The summed E-state index contributed by atoms with van der Waals surface area (Å²) in [7, 11) is 0. The Hall–Kier alpha value is -3.91. The van der Waals surface area contributed by atoms with Crippen molar-refractivity contribution in [2.45, 2.75) is 25.3 Å². The first kappa shape index (κ1) is 20.5. The van der Waals surface area contributed by atoms with Crippen molar-refractivity contribution < 1.29 is 0 Å². The molecule has 0 saturated carbocycles. The van der Waals surface area contributed by atoms with Gasteiger partial charge in [0, 0.05) is 42.5 Å². The molecule has 1 spiro atoms. The molecule has 0 radical (unpaired) electrons. The number of aromatic nitrogens is 4. The van der Waals surface area contributed by atoms with E-state index in [1.165, 1.54) is 11.1 Å². The molecule has 2 aromatic carbocycles. The molecule has 2 aromatic heterocycles. The number of hydrogen-bond acceptors (Lipinski definition) is 6. The zero-order valence-corrected chi connectivity index (χ0v) is 19.3. The van der Waals surface area contributed by atoms with Gasteiger partial charge in [-0.05, 0) is 41.9 Å². The van der Waals surface area contributed by atoms with Gasteiger partial charge < -0.3 is 16.0 Å². The van der Waals surface area contributed by atoms with Crippen molar-refractivity contribution in [2.75, 3.05) is 29.9 Å². The van der Waals surface area contributed by atoms with Crippen LogP contribution in [0.15, 0.2) is 59.4 Å². The SMILES string of the molecule is N[C@@H]1c2ccccc2CC12CCN(c1nc3[nH]nc(C4=CCNc5ccccc54)c3c(=O)[nH]1)CC2. The van der Waals surface area contributed by atoms with E-state index in [0.29, 0.717) is 29.2 Å². The van der Waals surface area contributed by atoms with Gasteiger partial charge in [0.2, 0.25) is 5.95 Å². The number of hydrogen-bond donors (Lipinski definition) is 4. The lowest BCUT2D eigenvalue weighted by Gasteiger charge is -2.42. The van der Waals surface area contributed by atoms with Crippen molar-refractivity contribution in [1.29, 1.82) is 0 Å². The van der Waals surface area contributed by atoms with Crippen molar-refractivity contribution >= 4 is 28.2 Å². The quantitative estimate of drug-likeness (QED) is 0.361. The van der Waals surface area contributed by atoms with E-state index < -0.39 is 0 Å². The van der Waals surface area contributed by atoms with Gasteiger partial charge in [0.05, 0.1) is 0 Å². The van der Waals surface area contributed by atoms with E-state index >= 15 is 0 Å². The van der Waals surface area contributed by atoms with E-state index in [1.807, 2.05) is 24.3 Å². The highest BCUT2D eigenvalue weighted by atomic mass is 16.1. The highest BCUT2D eigenvalue weighted by Crippen LogP contribution is 2.50. The molecular weight excluding hydrogens is 438 g/mol. The number of fused-ring (bicyclic) bond motifs is 3. The summed E-state index contributed by atoms with van der Waals surface area (Å²) < 4.78 is 0. The molecule has 4 aromatic rings. The van der Waals surface area contributed by atoms with Gasteiger partial charge in [0.1, 0.15) is 11.1 Å². The van der Waals surface area contributed by atoms with Crippen LogP contribution in [0.25, 0.3) is 16.6 Å². The maximum Gasteiger partial charge on any atom is 0.264 e. The van der Waals surface area contributed by atoms with Crippen molar-refractivity contribution in [1.82, 2.24) is 20.2 Å². The third-order valence-corrected chi connectivity index (χ3v) is 8.14. The molecule has 1 saturated heterocycles. The van der Waals surface area contributed by atoms with Crippen LogP contribution in [0.3, 0.4) is 0 Å². The number of nitrogens with one attached hydrogen (secondary N) is 3. The molecule has 4 heterocycles. The topological polar surface area (TPSA) is 116 Å². The predicted molar refractivity (Wildman–Crippen MR) is 137 cm³/mol. The van der Waals surface area contributed by atoms with Gasteiger partial charge >= 0.3 is 0 Å². The number of para-hydroxylation sites is 1. The predicted octanol–water partition coefficient (Wildman–Crippen LogP) is 3.35. The van der Waals surface area contributed by atoms with Gasteiger partial charge in [0.25, 0.3) is 5.56 Å². The number of benzene rings is 2. The molecule has 0 unspecified atom stereocenters. The maximum atomic E-state index is 13.3. The van der Waals surface area contributed by atoms with Crippen molar-refractivity contribution in [2.24, 2.45) is 11.1 Å². The number of nitrogens with zero attached hydrogens (tertiary/aromatic N) is 3. The van der Waals surface area contributed by atoms with Crippen LogP contribution in [0, 0.1) is 5.41 Å². The van der Waals surface area contributed by atoms with E-state index in [9.17, 15) is 4.79 Å². The Morgan fingerprint density at radius 1 is 1.06 bits per heavy atom. The molecule has 0 amide bonds. The summed E-state index contributed by atoms with van der Waals surface area (Å²) in [6.07, 6.45) is 5.03. The molecule has 3 aliphatic rings. The smallest absolute Gasteiger partial charge is 0.264 e. The number of piperidine rings is 1. The highest BCUT2D eigenvalue weighted by molar-refractivity contribution is 5.96. The summed E-state index contributed by atoms with van der Waals surface area (Å²) in [6.45, 7) is 2.30. The first-order chi connectivity index (χ1) is 17.1. The monoisotopic (exact) mass is 465 g/mol. The van der Waals surface area contributed by atoms with Crippen LogP contribution in [0.2, 0.25) is 0 Å². The average Bonchev–Trinajstić information content (AvgIpc) is 3.44. The molecule has 1 aliphatic carbocycles. The highest BCUT2D eigenvalue weighted by Gasteiger charge is 2.46. The largest absolute Gasteiger partial charge is 0.381 e. The molecule has 8 nitrogen and oxygen atoms in total. The Bertz CT molecular complexity index is 1540. The molecule has 0 bridgehead atoms. The van der Waals surface area contributed by atoms with Gasteiger partial charge in [0.15, 0.2) is 5.65 Å². The lowest BCUT2D eigenvalue weighted by atomic mass is 9.73. The lowest BCUT2D eigenvalue weighted by Crippen LogP contribution is -2.45. The summed E-state index contributed by atoms with van der Waals surface area (Å²) in [5, 5.41) is 11.4. The normalized spacial score (nSPS) is 20.4. The van der Waals surface area contributed by atoms with E-state index in [4.69, 9.17) is 10.7 Å². The van der Waals surface area contributed by atoms with Gasteiger partial charge in [-0.2, -0.15) is 10.1 Å². The van der Waals surface area contributed by atoms with Crippen molar-refractivity contribution in [3.63, 3.8) is 0 Å².